The Kier molecular flexibility index (Phi) is 2.80. The third kappa shape index (κ3) is 1.71. The van der Waals surface area contributed by atoms with Crippen LogP contribution < -0.4 is 9.47 Å². The molecule has 0 aromatic heterocycles. The predicted octanol–water partition coefficient (Wildman–Crippen LogP) is 1.64. The number of phenols is 1. The van der Waals surface area contributed by atoms with Crippen LogP contribution in [0.15, 0.2) is 6.07 Å². The molecule has 0 bridgehead atoms. The summed E-state index contributed by atoms with van der Waals surface area (Å²) in [5.41, 5.74) is 1.89. The topological polar surface area (TPSA) is 51.2 Å². The normalized spacial score (nSPS) is 22.0. The van der Waals surface area contributed by atoms with Gasteiger partial charge in [-0.15, -0.1) is 0 Å². The Morgan fingerprint density at radius 2 is 2.33 bits per heavy atom. The van der Waals surface area contributed by atoms with Crippen LogP contribution in [0, 0.1) is 0 Å². The van der Waals surface area contributed by atoms with Crippen molar-refractivity contribution in [1.29, 1.82) is 0 Å². The summed E-state index contributed by atoms with van der Waals surface area (Å²) >= 11 is 0. The lowest BCUT2D eigenvalue weighted by Crippen LogP contribution is -2.31. The lowest BCUT2D eigenvalue weighted by atomic mass is 9.95. The molecule has 1 unspecified atom stereocenters. The Morgan fingerprint density at radius 1 is 1.50 bits per heavy atom. The lowest BCUT2D eigenvalue weighted by molar-refractivity contribution is 0.0263. The molecule has 1 aromatic rings. The molecule has 5 nitrogen and oxygen atoms in total. The largest absolute Gasteiger partial charge is 0.504 e. The van der Waals surface area contributed by atoms with Gasteiger partial charge in [-0.05, 0) is 25.6 Å². The summed E-state index contributed by atoms with van der Waals surface area (Å²) in [5, 5.41) is 10.3. The Bertz CT molecular complexity index is 475. The van der Waals surface area contributed by atoms with Crippen molar-refractivity contribution in [1.82, 2.24) is 4.90 Å². The van der Waals surface area contributed by atoms with Gasteiger partial charge in [0.25, 0.3) is 0 Å². The predicted molar refractivity (Wildman–Crippen MR) is 64.9 cm³/mol. The van der Waals surface area contributed by atoms with E-state index in [4.69, 9.17) is 14.2 Å². The first kappa shape index (κ1) is 11.6. The molecule has 0 radical (unpaired) electrons. The quantitative estimate of drug-likeness (QED) is 0.866. The second-order valence-electron chi connectivity index (χ2n) is 4.67. The molecule has 1 atom stereocenters. The zero-order valence-electron chi connectivity index (χ0n) is 10.6. The van der Waals surface area contributed by atoms with Gasteiger partial charge in [0.2, 0.25) is 12.5 Å². The third-order valence-corrected chi connectivity index (χ3v) is 3.40. The van der Waals surface area contributed by atoms with E-state index in [1.807, 2.05) is 20.0 Å². The van der Waals surface area contributed by atoms with Gasteiger partial charge in [0, 0.05) is 25.3 Å². The van der Waals surface area contributed by atoms with Gasteiger partial charge in [-0.1, -0.05) is 0 Å². The summed E-state index contributed by atoms with van der Waals surface area (Å²) in [6.45, 7) is 4.30. The molecule has 1 aromatic carbocycles. The summed E-state index contributed by atoms with van der Waals surface area (Å²) in [7, 11) is 2.01. The second-order valence-corrected chi connectivity index (χ2v) is 4.67. The number of phenolic OH excluding ortho intramolecular Hbond substituents is 1. The number of likely N-dealkylation sites (N-methyl/N-ethyl adjacent to an activating group) is 1. The van der Waals surface area contributed by atoms with Crippen LogP contribution in [0.5, 0.6) is 17.2 Å². The minimum Gasteiger partial charge on any atom is -0.504 e. The summed E-state index contributed by atoms with van der Waals surface area (Å²) in [4.78, 5) is 2.13. The third-order valence-electron chi connectivity index (χ3n) is 3.40. The Balaban J connectivity index is 2.09. The Morgan fingerprint density at radius 3 is 3.11 bits per heavy atom. The van der Waals surface area contributed by atoms with E-state index < -0.39 is 0 Å². The average molecular weight is 251 g/mol. The van der Waals surface area contributed by atoms with Gasteiger partial charge in [0.05, 0.1) is 6.10 Å². The van der Waals surface area contributed by atoms with Crippen molar-refractivity contribution >= 4 is 0 Å². The van der Waals surface area contributed by atoms with Crippen molar-refractivity contribution in [3.8, 4) is 17.2 Å². The van der Waals surface area contributed by atoms with Crippen molar-refractivity contribution in [2.45, 2.75) is 19.6 Å². The molecule has 2 aliphatic heterocycles. The maximum Gasteiger partial charge on any atom is 0.231 e. The Hall–Kier alpha value is -1.46. The van der Waals surface area contributed by atoms with Crippen LogP contribution in [-0.4, -0.2) is 37.0 Å². The first-order valence-corrected chi connectivity index (χ1v) is 6.15. The van der Waals surface area contributed by atoms with Crippen molar-refractivity contribution in [3.05, 3.63) is 17.2 Å². The van der Waals surface area contributed by atoms with E-state index >= 15 is 0 Å². The molecular formula is C13H17NO4. The first-order chi connectivity index (χ1) is 8.70. The maximum absolute atomic E-state index is 10.3. The van der Waals surface area contributed by atoms with Crippen LogP contribution in [0.2, 0.25) is 0 Å². The Labute approximate surface area is 106 Å². The van der Waals surface area contributed by atoms with Crippen LogP contribution in [0.4, 0.5) is 0 Å². The molecule has 0 aliphatic carbocycles. The van der Waals surface area contributed by atoms with E-state index in [2.05, 4.69) is 4.90 Å². The molecular weight excluding hydrogens is 234 g/mol. The van der Waals surface area contributed by atoms with Gasteiger partial charge in [0.15, 0.2) is 11.5 Å². The van der Waals surface area contributed by atoms with E-state index in [0.717, 1.165) is 17.7 Å². The minimum absolute atomic E-state index is 0.0239. The lowest BCUT2D eigenvalue weighted by Gasteiger charge is -2.32. The molecule has 2 heterocycles. The van der Waals surface area contributed by atoms with Crippen molar-refractivity contribution in [2.24, 2.45) is 0 Å². The summed E-state index contributed by atoms with van der Waals surface area (Å²) in [6, 6.07) is 1.94. The van der Waals surface area contributed by atoms with E-state index in [1.54, 1.807) is 0 Å². The van der Waals surface area contributed by atoms with Gasteiger partial charge < -0.3 is 19.3 Å². The molecule has 0 saturated carbocycles. The van der Waals surface area contributed by atoms with Crippen LogP contribution in [0.3, 0.4) is 0 Å². The second kappa shape index (κ2) is 4.33. The number of fused-ring (bicyclic) bond motifs is 2. The molecule has 5 heteroatoms. The summed E-state index contributed by atoms with van der Waals surface area (Å²) in [5.74, 6) is 1.26. The number of rotatable bonds is 2. The fourth-order valence-electron chi connectivity index (χ4n) is 2.60. The number of hydrogen-bond acceptors (Lipinski definition) is 5. The molecule has 98 valence electrons. The highest BCUT2D eigenvalue weighted by Crippen LogP contribution is 2.47. The van der Waals surface area contributed by atoms with Crippen LogP contribution in [-0.2, 0) is 11.3 Å². The van der Waals surface area contributed by atoms with Crippen molar-refractivity contribution < 1.29 is 19.3 Å². The zero-order valence-corrected chi connectivity index (χ0v) is 10.6. The number of hydrogen-bond donors (Lipinski definition) is 1. The molecule has 1 N–H and O–H groups in total. The molecule has 0 fully saturated rings. The monoisotopic (exact) mass is 251 g/mol. The highest BCUT2D eigenvalue weighted by molar-refractivity contribution is 5.60. The first-order valence-electron chi connectivity index (χ1n) is 6.15. The smallest absolute Gasteiger partial charge is 0.231 e. The highest BCUT2D eigenvalue weighted by Gasteiger charge is 2.31. The fraction of sp³-hybridized carbons (Fsp3) is 0.538. The van der Waals surface area contributed by atoms with Crippen molar-refractivity contribution in [3.63, 3.8) is 0 Å². The van der Waals surface area contributed by atoms with Gasteiger partial charge in [-0.3, -0.25) is 4.90 Å². The van der Waals surface area contributed by atoms with Crippen LogP contribution in [0.1, 0.15) is 24.2 Å². The van der Waals surface area contributed by atoms with Gasteiger partial charge in [-0.2, -0.15) is 0 Å². The number of benzene rings is 1. The van der Waals surface area contributed by atoms with Crippen molar-refractivity contribution in [2.75, 3.05) is 27.0 Å². The van der Waals surface area contributed by atoms with E-state index in [0.29, 0.717) is 24.7 Å². The maximum atomic E-state index is 10.3. The standard InChI is InChI=1S/C13H17NO4/c1-3-16-11-6-14(2)5-9-8(11)4-10-13(12(9)15)18-7-17-10/h4,11,15H,3,5-7H2,1-2H3. The van der Waals surface area contributed by atoms with E-state index in [1.165, 1.54) is 0 Å². The van der Waals surface area contributed by atoms with E-state index in [-0.39, 0.29) is 18.6 Å². The SMILES string of the molecule is CCOC1CN(C)Cc2c1cc1c(c2O)OCO1. The molecule has 18 heavy (non-hydrogen) atoms. The molecule has 2 aliphatic rings. The highest BCUT2D eigenvalue weighted by atomic mass is 16.7. The molecule has 0 amide bonds. The number of aromatic hydroxyl groups is 1. The molecule has 0 spiro atoms. The summed E-state index contributed by atoms with van der Waals surface area (Å²) in [6.07, 6.45) is -0.0239. The van der Waals surface area contributed by atoms with Gasteiger partial charge in [0.1, 0.15) is 0 Å². The van der Waals surface area contributed by atoms with Gasteiger partial charge >= 0.3 is 0 Å². The molecule has 3 rings (SSSR count). The molecule has 0 saturated heterocycles. The van der Waals surface area contributed by atoms with Gasteiger partial charge in [-0.25, -0.2) is 0 Å². The zero-order chi connectivity index (χ0) is 12.7. The summed E-state index contributed by atoms with van der Waals surface area (Å²) < 4.78 is 16.4. The van der Waals surface area contributed by atoms with Crippen LogP contribution in [0.25, 0.3) is 0 Å². The minimum atomic E-state index is -0.0239. The van der Waals surface area contributed by atoms with E-state index in [9.17, 15) is 5.11 Å². The number of ether oxygens (including phenoxy) is 3. The van der Waals surface area contributed by atoms with Crippen LogP contribution >= 0.6 is 0 Å². The fourth-order valence-corrected chi connectivity index (χ4v) is 2.60. The number of nitrogens with zero attached hydrogens (tertiary/aromatic N) is 1. The average Bonchev–Trinajstić information content (AvgIpc) is 2.80.